The van der Waals surface area contributed by atoms with Gasteiger partial charge in [-0.05, 0) is 49.4 Å². The number of fused-ring (bicyclic) bond motifs is 1. The van der Waals surface area contributed by atoms with E-state index in [9.17, 15) is 15.0 Å². The standard InChI is InChI=1S/C15H19NO3/c1-9-6-11(17)3-4-12(9)15(19)16-7-10-2-5-14(18)13(10)8-16/h3-4,6,10,13-14,17-18H,2,5,7-8H2,1H3. The quantitative estimate of drug-likeness (QED) is 0.806. The Morgan fingerprint density at radius 1 is 1.32 bits per heavy atom. The second-order valence-electron chi connectivity index (χ2n) is 5.78. The first-order valence-corrected chi connectivity index (χ1v) is 6.83. The van der Waals surface area contributed by atoms with E-state index in [1.165, 1.54) is 0 Å². The van der Waals surface area contributed by atoms with Crippen molar-refractivity contribution in [2.75, 3.05) is 13.1 Å². The molecule has 3 rings (SSSR count). The molecule has 1 aliphatic carbocycles. The summed E-state index contributed by atoms with van der Waals surface area (Å²) in [6.07, 6.45) is 1.64. The Labute approximate surface area is 112 Å². The molecule has 1 amide bonds. The van der Waals surface area contributed by atoms with Gasteiger partial charge < -0.3 is 15.1 Å². The Kier molecular flexibility index (Phi) is 2.97. The van der Waals surface area contributed by atoms with Crippen molar-refractivity contribution in [1.29, 1.82) is 0 Å². The molecule has 1 heterocycles. The first-order valence-electron chi connectivity index (χ1n) is 6.83. The SMILES string of the molecule is Cc1cc(O)ccc1C(=O)N1CC2CCC(O)C2C1. The molecular weight excluding hydrogens is 242 g/mol. The Morgan fingerprint density at radius 2 is 2.11 bits per heavy atom. The van der Waals surface area contributed by atoms with Gasteiger partial charge in [-0.1, -0.05) is 0 Å². The number of hydrogen-bond acceptors (Lipinski definition) is 3. The van der Waals surface area contributed by atoms with Crippen LogP contribution >= 0.6 is 0 Å². The third kappa shape index (κ3) is 2.10. The molecule has 0 spiro atoms. The monoisotopic (exact) mass is 261 g/mol. The van der Waals surface area contributed by atoms with Crippen molar-refractivity contribution in [3.63, 3.8) is 0 Å². The third-order valence-corrected chi connectivity index (χ3v) is 4.55. The number of rotatable bonds is 1. The number of carbonyl (C=O) groups excluding carboxylic acids is 1. The number of hydrogen-bond donors (Lipinski definition) is 2. The molecule has 0 radical (unpaired) electrons. The van der Waals surface area contributed by atoms with E-state index >= 15 is 0 Å². The first-order chi connectivity index (χ1) is 9.06. The van der Waals surface area contributed by atoms with Crippen LogP contribution in [0.15, 0.2) is 18.2 Å². The van der Waals surface area contributed by atoms with E-state index in [1.54, 1.807) is 18.2 Å². The van der Waals surface area contributed by atoms with Crippen LogP contribution in [0.2, 0.25) is 0 Å². The summed E-state index contributed by atoms with van der Waals surface area (Å²) in [5.74, 6) is 0.902. The summed E-state index contributed by atoms with van der Waals surface area (Å²) in [5.41, 5.74) is 1.44. The normalized spacial score (nSPS) is 29.6. The van der Waals surface area contributed by atoms with Crippen LogP contribution in [0.25, 0.3) is 0 Å². The highest BCUT2D eigenvalue weighted by molar-refractivity contribution is 5.96. The van der Waals surface area contributed by atoms with Crippen molar-refractivity contribution in [3.05, 3.63) is 29.3 Å². The van der Waals surface area contributed by atoms with E-state index in [0.29, 0.717) is 18.0 Å². The average molecular weight is 261 g/mol. The van der Waals surface area contributed by atoms with Crippen molar-refractivity contribution in [2.24, 2.45) is 11.8 Å². The smallest absolute Gasteiger partial charge is 0.254 e. The van der Waals surface area contributed by atoms with Gasteiger partial charge in [-0.2, -0.15) is 0 Å². The fourth-order valence-electron chi connectivity index (χ4n) is 3.46. The molecule has 4 heteroatoms. The fourth-order valence-corrected chi connectivity index (χ4v) is 3.46. The van der Waals surface area contributed by atoms with Crippen molar-refractivity contribution >= 4 is 5.91 Å². The van der Waals surface area contributed by atoms with Gasteiger partial charge in [0.2, 0.25) is 0 Å². The van der Waals surface area contributed by atoms with Crippen LogP contribution in [-0.2, 0) is 0 Å². The minimum absolute atomic E-state index is 0.0131. The highest BCUT2D eigenvalue weighted by atomic mass is 16.3. The molecule has 3 unspecified atom stereocenters. The molecule has 4 nitrogen and oxygen atoms in total. The number of aliphatic hydroxyl groups excluding tert-OH is 1. The summed E-state index contributed by atoms with van der Waals surface area (Å²) < 4.78 is 0. The van der Waals surface area contributed by atoms with Gasteiger partial charge in [0.25, 0.3) is 5.91 Å². The molecule has 1 aliphatic heterocycles. The Bertz CT molecular complexity index is 514. The van der Waals surface area contributed by atoms with Gasteiger partial charge in [-0.25, -0.2) is 0 Å². The number of aliphatic hydroxyl groups is 1. The van der Waals surface area contributed by atoms with Crippen LogP contribution in [-0.4, -0.2) is 40.2 Å². The van der Waals surface area contributed by atoms with E-state index in [4.69, 9.17) is 0 Å². The van der Waals surface area contributed by atoms with E-state index in [0.717, 1.165) is 24.9 Å². The predicted octanol–water partition coefficient (Wildman–Crippen LogP) is 1.54. The lowest BCUT2D eigenvalue weighted by Gasteiger charge is -2.19. The maximum atomic E-state index is 12.5. The van der Waals surface area contributed by atoms with Crippen LogP contribution < -0.4 is 0 Å². The van der Waals surface area contributed by atoms with Crippen molar-refractivity contribution in [1.82, 2.24) is 4.90 Å². The van der Waals surface area contributed by atoms with Gasteiger partial charge in [0, 0.05) is 24.6 Å². The zero-order chi connectivity index (χ0) is 13.6. The Balaban J connectivity index is 1.78. The molecule has 0 aromatic heterocycles. The van der Waals surface area contributed by atoms with Crippen LogP contribution in [0, 0.1) is 18.8 Å². The molecule has 102 valence electrons. The Hall–Kier alpha value is -1.55. The van der Waals surface area contributed by atoms with Gasteiger partial charge in [0.05, 0.1) is 6.10 Å². The number of aromatic hydroxyl groups is 1. The molecule has 19 heavy (non-hydrogen) atoms. The summed E-state index contributed by atoms with van der Waals surface area (Å²) in [6.45, 7) is 3.24. The largest absolute Gasteiger partial charge is 0.508 e. The molecule has 0 bridgehead atoms. The highest BCUT2D eigenvalue weighted by Gasteiger charge is 2.43. The fraction of sp³-hybridized carbons (Fsp3) is 0.533. The summed E-state index contributed by atoms with van der Waals surface area (Å²) in [7, 11) is 0. The number of carbonyl (C=O) groups is 1. The van der Waals surface area contributed by atoms with E-state index in [-0.39, 0.29) is 23.7 Å². The van der Waals surface area contributed by atoms with Crippen molar-refractivity contribution in [3.8, 4) is 5.75 Å². The number of phenols is 1. The maximum absolute atomic E-state index is 12.5. The molecule has 2 N–H and O–H groups in total. The molecule has 2 aliphatic rings. The number of phenolic OH excluding ortho intramolecular Hbond substituents is 1. The van der Waals surface area contributed by atoms with E-state index in [2.05, 4.69) is 0 Å². The zero-order valence-electron chi connectivity index (χ0n) is 11.0. The van der Waals surface area contributed by atoms with E-state index in [1.807, 2.05) is 11.8 Å². The van der Waals surface area contributed by atoms with Crippen LogP contribution in [0.1, 0.15) is 28.8 Å². The minimum Gasteiger partial charge on any atom is -0.508 e. The van der Waals surface area contributed by atoms with Gasteiger partial charge >= 0.3 is 0 Å². The lowest BCUT2D eigenvalue weighted by Crippen LogP contribution is -2.31. The van der Waals surface area contributed by atoms with Gasteiger partial charge in [-0.15, -0.1) is 0 Å². The van der Waals surface area contributed by atoms with Crippen LogP contribution in [0.3, 0.4) is 0 Å². The number of aryl methyl sites for hydroxylation is 1. The number of amides is 1. The first kappa shape index (κ1) is 12.5. The predicted molar refractivity (Wildman–Crippen MR) is 71.0 cm³/mol. The topological polar surface area (TPSA) is 60.8 Å². The van der Waals surface area contributed by atoms with Crippen LogP contribution in [0.4, 0.5) is 0 Å². The number of likely N-dealkylation sites (tertiary alicyclic amines) is 1. The lowest BCUT2D eigenvalue weighted by molar-refractivity contribution is 0.0751. The molecular formula is C15H19NO3. The van der Waals surface area contributed by atoms with Gasteiger partial charge in [-0.3, -0.25) is 4.79 Å². The third-order valence-electron chi connectivity index (χ3n) is 4.55. The van der Waals surface area contributed by atoms with Gasteiger partial charge in [0.1, 0.15) is 5.75 Å². The lowest BCUT2D eigenvalue weighted by atomic mass is 10.00. The Morgan fingerprint density at radius 3 is 2.79 bits per heavy atom. The number of benzene rings is 1. The highest BCUT2D eigenvalue weighted by Crippen LogP contribution is 2.38. The van der Waals surface area contributed by atoms with Crippen molar-refractivity contribution in [2.45, 2.75) is 25.9 Å². The summed E-state index contributed by atoms with van der Waals surface area (Å²) in [6, 6.07) is 4.84. The molecule has 1 saturated carbocycles. The molecule has 1 aromatic carbocycles. The molecule has 1 aromatic rings. The molecule has 3 atom stereocenters. The number of nitrogens with zero attached hydrogens (tertiary/aromatic N) is 1. The summed E-state index contributed by atoms with van der Waals surface area (Å²) in [4.78, 5) is 14.3. The van der Waals surface area contributed by atoms with E-state index < -0.39 is 0 Å². The van der Waals surface area contributed by atoms with Crippen molar-refractivity contribution < 1.29 is 15.0 Å². The average Bonchev–Trinajstić information content (AvgIpc) is 2.91. The van der Waals surface area contributed by atoms with Gasteiger partial charge in [0.15, 0.2) is 0 Å². The van der Waals surface area contributed by atoms with Crippen LogP contribution in [0.5, 0.6) is 5.75 Å². The minimum atomic E-state index is -0.247. The second-order valence-corrected chi connectivity index (χ2v) is 5.78. The summed E-state index contributed by atoms with van der Waals surface area (Å²) >= 11 is 0. The second kappa shape index (κ2) is 4.53. The maximum Gasteiger partial charge on any atom is 0.254 e. The molecule has 2 fully saturated rings. The molecule has 1 saturated heterocycles. The summed E-state index contributed by atoms with van der Waals surface area (Å²) in [5, 5.41) is 19.3. The zero-order valence-corrected chi connectivity index (χ0v) is 11.0.